The molecular weight excluding hydrogens is 611 g/mol. The quantitative estimate of drug-likeness (QED) is 0.134. The molecule has 2 heterocycles. The van der Waals surface area contributed by atoms with Gasteiger partial charge in [-0.15, -0.1) is 0 Å². The Morgan fingerprint density at radius 3 is 2.11 bits per heavy atom. The van der Waals surface area contributed by atoms with Gasteiger partial charge in [0.25, 0.3) is 0 Å². The maximum atomic E-state index is 13.1. The third-order valence-electron chi connectivity index (χ3n) is 7.73. The number of nitrogens with zero attached hydrogens (tertiary/aromatic N) is 1. The van der Waals surface area contributed by atoms with Crippen LogP contribution in [0.15, 0.2) is 132 Å². The number of furan rings is 1. The summed E-state index contributed by atoms with van der Waals surface area (Å²) in [6.07, 6.45) is 1.78. The molecule has 0 bridgehead atoms. The number of alkyl halides is 3. The van der Waals surface area contributed by atoms with Crippen LogP contribution in [0, 0.1) is 6.92 Å². The molecule has 0 saturated carbocycles. The van der Waals surface area contributed by atoms with Crippen molar-refractivity contribution in [1.82, 2.24) is 4.98 Å². The van der Waals surface area contributed by atoms with Gasteiger partial charge < -0.3 is 8.60 Å². The first kappa shape index (κ1) is 29.3. The van der Waals surface area contributed by atoms with Gasteiger partial charge in [0.2, 0.25) is 0 Å². The first-order chi connectivity index (χ1) is 22.1. The van der Waals surface area contributed by atoms with Crippen molar-refractivity contribution in [3.8, 4) is 50.4 Å². The van der Waals surface area contributed by atoms with Crippen LogP contribution in [0.5, 0.6) is 5.75 Å². The fraction of sp³-hybridized carbons (Fsp3) is 0.0541. The molecule has 0 spiro atoms. The SMILES string of the molecule is Cc1cc(OS(=O)(=O)C(F)(F)F)cc(-c2ccccc2-c2cnc(-c3ccccc3)cc2-c2ccc3c(c2)oc2ccccc23)c1. The van der Waals surface area contributed by atoms with Crippen molar-refractivity contribution < 1.29 is 30.2 Å². The fourth-order valence-electron chi connectivity index (χ4n) is 5.66. The molecule has 2 aromatic heterocycles. The van der Waals surface area contributed by atoms with Crippen molar-refractivity contribution in [2.24, 2.45) is 0 Å². The van der Waals surface area contributed by atoms with E-state index in [4.69, 9.17) is 9.40 Å². The lowest BCUT2D eigenvalue weighted by Crippen LogP contribution is -2.28. The number of aromatic nitrogens is 1. The van der Waals surface area contributed by atoms with Crippen LogP contribution in [-0.4, -0.2) is 18.9 Å². The maximum Gasteiger partial charge on any atom is 0.534 e. The number of rotatable bonds is 6. The van der Waals surface area contributed by atoms with E-state index in [0.717, 1.165) is 55.4 Å². The maximum absolute atomic E-state index is 13.1. The van der Waals surface area contributed by atoms with Crippen molar-refractivity contribution in [2.45, 2.75) is 12.4 Å². The lowest BCUT2D eigenvalue weighted by molar-refractivity contribution is -0.0500. The molecule has 228 valence electrons. The first-order valence-corrected chi connectivity index (χ1v) is 15.7. The molecule has 0 aliphatic heterocycles. The topological polar surface area (TPSA) is 69.4 Å². The highest BCUT2D eigenvalue weighted by Gasteiger charge is 2.48. The summed E-state index contributed by atoms with van der Waals surface area (Å²) in [5.74, 6) is -0.435. The average molecular weight is 636 g/mol. The largest absolute Gasteiger partial charge is 0.534 e. The first-order valence-electron chi connectivity index (χ1n) is 14.3. The highest BCUT2D eigenvalue weighted by molar-refractivity contribution is 7.88. The number of fused-ring (bicyclic) bond motifs is 3. The molecule has 5 aromatic carbocycles. The summed E-state index contributed by atoms with van der Waals surface area (Å²) in [5.41, 5.74) is 2.52. The molecule has 0 unspecified atom stereocenters. The van der Waals surface area contributed by atoms with Gasteiger partial charge in [0, 0.05) is 28.1 Å². The number of halogens is 3. The van der Waals surface area contributed by atoms with Crippen molar-refractivity contribution in [2.75, 3.05) is 0 Å². The van der Waals surface area contributed by atoms with Crippen LogP contribution in [0.3, 0.4) is 0 Å². The normalized spacial score (nSPS) is 12.1. The Morgan fingerprint density at radius 1 is 0.630 bits per heavy atom. The second-order valence-electron chi connectivity index (χ2n) is 10.9. The number of pyridine rings is 1. The van der Waals surface area contributed by atoms with Crippen LogP contribution in [-0.2, 0) is 10.1 Å². The minimum Gasteiger partial charge on any atom is -0.456 e. The summed E-state index contributed by atoms with van der Waals surface area (Å²) < 4.78 is 73.7. The van der Waals surface area contributed by atoms with E-state index in [0.29, 0.717) is 16.7 Å². The summed E-state index contributed by atoms with van der Waals surface area (Å²) in [6.45, 7) is 1.66. The highest BCUT2D eigenvalue weighted by Crippen LogP contribution is 2.42. The van der Waals surface area contributed by atoms with Gasteiger partial charge >= 0.3 is 15.6 Å². The molecule has 0 atom stereocenters. The Kier molecular flexibility index (Phi) is 7.13. The summed E-state index contributed by atoms with van der Waals surface area (Å²) >= 11 is 0. The number of benzene rings is 5. The zero-order valence-electron chi connectivity index (χ0n) is 24.2. The van der Waals surface area contributed by atoms with Gasteiger partial charge in [-0.2, -0.15) is 21.6 Å². The fourth-order valence-corrected chi connectivity index (χ4v) is 6.11. The van der Waals surface area contributed by atoms with Gasteiger partial charge in [-0.25, -0.2) is 0 Å². The van der Waals surface area contributed by atoms with Crippen LogP contribution in [0.4, 0.5) is 13.2 Å². The highest BCUT2D eigenvalue weighted by atomic mass is 32.2. The summed E-state index contributed by atoms with van der Waals surface area (Å²) in [7, 11) is -5.85. The lowest BCUT2D eigenvalue weighted by Gasteiger charge is -2.17. The standard InChI is InChI=1S/C37H24F3NO4S/c1-23-17-26(19-27(18-23)45-46(42,43)37(38,39)40)28-11-5-6-12-29(28)33-22-41-34(24-9-3-2-4-10-24)21-32(33)25-15-16-31-30-13-7-8-14-35(30)44-36(31)20-25/h2-22H,1H3. The molecule has 0 saturated heterocycles. The van der Waals surface area contributed by atoms with Gasteiger partial charge in [-0.05, 0) is 76.7 Å². The van der Waals surface area contributed by atoms with E-state index in [1.807, 2.05) is 97.1 Å². The third kappa shape index (κ3) is 5.39. The van der Waals surface area contributed by atoms with E-state index in [1.54, 1.807) is 25.3 Å². The second-order valence-corrected chi connectivity index (χ2v) is 12.4. The lowest BCUT2D eigenvalue weighted by atomic mass is 9.89. The molecule has 46 heavy (non-hydrogen) atoms. The summed E-state index contributed by atoms with van der Waals surface area (Å²) in [6, 6.07) is 37.4. The molecule has 7 rings (SSSR count). The molecule has 0 radical (unpaired) electrons. The number of para-hydroxylation sites is 1. The Hall–Kier alpha value is -5.41. The van der Waals surface area contributed by atoms with Crippen molar-refractivity contribution in [1.29, 1.82) is 0 Å². The van der Waals surface area contributed by atoms with Gasteiger partial charge in [-0.1, -0.05) is 84.9 Å². The minimum atomic E-state index is -5.85. The number of hydrogen-bond donors (Lipinski definition) is 0. The summed E-state index contributed by atoms with van der Waals surface area (Å²) in [4.78, 5) is 4.80. The Bertz CT molecular complexity index is 2370. The van der Waals surface area contributed by atoms with Gasteiger partial charge in [0.15, 0.2) is 0 Å². The van der Waals surface area contributed by atoms with E-state index in [2.05, 4.69) is 4.18 Å². The second kappa shape index (κ2) is 11.2. The van der Waals surface area contributed by atoms with E-state index >= 15 is 0 Å². The Morgan fingerprint density at radius 2 is 1.33 bits per heavy atom. The number of hydrogen-bond acceptors (Lipinski definition) is 5. The van der Waals surface area contributed by atoms with Crippen LogP contribution < -0.4 is 4.18 Å². The molecule has 0 amide bonds. The van der Waals surface area contributed by atoms with E-state index in [1.165, 1.54) is 12.1 Å². The van der Waals surface area contributed by atoms with Crippen LogP contribution in [0.25, 0.3) is 66.6 Å². The molecule has 5 nitrogen and oxygen atoms in total. The predicted octanol–water partition coefficient (Wildman–Crippen LogP) is 10.2. The van der Waals surface area contributed by atoms with E-state index in [9.17, 15) is 21.6 Å². The minimum absolute atomic E-state index is 0.435. The zero-order valence-corrected chi connectivity index (χ0v) is 25.1. The Balaban J connectivity index is 1.41. The molecule has 9 heteroatoms. The van der Waals surface area contributed by atoms with Crippen LogP contribution >= 0.6 is 0 Å². The van der Waals surface area contributed by atoms with Gasteiger partial charge in [0.1, 0.15) is 16.9 Å². The molecule has 0 aliphatic rings. The van der Waals surface area contributed by atoms with Gasteiger partial charge in [-0.3, -0.25) is 4.98 Å². The van der Waals surface area contributed by atoms with Crippen molar-refractivity contribution in [3.63, 3.8) is 0 Å². The molecule has 7 aromatic rings. The molecular formula is C37H24F3NO4S. The molecule has 0 N–H and O–H groups in total. The molecule has 0 fully saturated rings. The smallest absolute Gasteiger partial charge is 0.456 e. The monoisotopic (exact) mass is 635 g/mol. The van der Waals surface area contributed by atoms with Crippen LogP contribution in [0.2, 0.25) is 0 Å². The van der Waals surface area contributed by atoms with Gasteiger partial charge in [0.05, 0.1) is 5.69 Å². The van der Waals surface area contributed by atoms with E-state index in [-0.39, 0.29) is 0 Å². The van der Waals surface area contributed by atoms with Crippen molar-refractivity contribution >= 4 is 32.1 Å². The Labute approximate surface area is 262 Å². The zero-order chi connectivity index (χ0) is 32.1. The van der Waals surface area contributed by atoms with Crippen molar-refractivity contribution in [3.05, 3.63) is 133 Å². The summed E-state index contributed by atoms with van der Waals surface area (Å²) in [5, 5.41) is 2.00. The third-order valence-corrected chi connectivity index (χ3v) is 8.71. The predicted molar refractivity (Wildman–Crippen MR) is 174 cm³/mol. The van der Waals surface area contributed by atoms with E-state index < -0.39 is 21.4 Å². The average Bonchev–Trinajstić information content (AvgIpc) is 3.42. The van der Waals surface area contributed by atoms with Crippen LogP contribution in [0.1, 0.15) is 5.56 Å². The molecule has 0 aliphatic carbocycles. The number of aryl methyl sites for hydroxylation is 1.